The number of aromatic nitrogens is 2. The summed E-state index contributed by atoms with van der Waals surface area (Å²) in [4.78, 5) is 14.4. The van der Waals surface area contributed by atoms with Gasteiger partial charge in [-0.1, -0.05) is 6.07 Å². The molecule has 9 heteroatoms. The van der Waals surface area contributed by atoms with Crippen LogP contribution in [-0.2, 0) is 0 Å². The SMILES string of the molecule is COc1ccc(-c2csc3nc(Cl)nc(N4CCN(c5ccc(F)cc5)CC4)c23)cc1OC. The number of ether oxygens (including phenoxy) is 2. The zero-order chi connectivity index (χ0) is 22.9. The van der Waals surface area contributed by atoms with Gasteiger partial charge in [-0.15, -0.1) is 11.3 Å². The summed E-state index contributed by atoms with van der Waals surface area (Å²) < 4.78 is 24.2. The highest BCUT2D eigenvalue weighted by Crippen LogP contribution is 2.41. The number of hydrogen-bond acceptors (Lipinski definition) is 7. The highest BCUT2D eigenvalue weighted by Gasteiger charge is 2.24. The summed E-state index contributed by atoms with van der Waals surface area (Å²) in [5.74, 6) is 1.95. The zero-order valence-electron chi connectivity index (χ0n) is 18.2. The lowest BCUT2D eigenvalue weighted by atomic mass is 10.0. The van der Waals surface area contributed by atoms with Crippen LogP contribution in [0.25, 0.3) is 21.3 Å². The number of benzene rings is 2. The van der Waals surface area contributed by atoms with E-state index in [4.69, 9.17) is 21.1 Å². The molecular weight excluding hydrogens is 463 g/mol. The molecule has 2 aromatic carbocycles. The molecule has 6 nitrogen and oxygen atoms in total. The fourth-order valence-corrected chi connectivity index (χ4v) is 5.33. The summed E-state index contributed by atoms with van der Waals surface area (Å²) >= 11 is 7.84. The lowest BCUT2D eigenvalue weighted by Crippen LogP contribution is -2.47. The van der Waals surface area contributed by atoms with Crippen molar-refractivity contribution in [2.75, 3.05) is 50.2 Å². The van der Waals surface area contributed by atoms with Crippen molar-refractivity contribution in [3.63, 3.8) is 0 Å². The van der Waals surface area contributed by atoms with Crippen LogP contribution >= 0.6 is 22.9 Å². The van der Waals surface area contributed by atoms with E-state index < -0.39 is 0 Å². The van der Waals surface area contributed by atoms with Crippen molar-refractivity contribution in [1.29, 1.82) is 0 Å². The van der Waals surface area contributed by atoms with E-state index in [0.717, 1.165) is 59.0 Å². The number of methoxy groups -OCH3 is 2. The average molecular weight is 485 g/mol. The molecule has 0 spiro atoms. The second kappa shape index (κ2) is 9.03. The maximum Gasteiger partial charge on any atom is 0.225 e. The van der Waals surface area contributed by atoms with Gasteiger partial charge in [0.2, 0.25) is 5.28 Å². The molecule has 0 saturated carbocycles. The molecule has 1 saturated heterocycles. The number of hydrogen-bond donors (Lipinski definition) is 0. The van der Waals surface area contributed by atoms with Crippen LogP contribution in [0.1, 0.15) is 0 Å². The van der Waals surface area contributed by atoms with Crippen LogP contribution in [0.2, 0.25) is 5.28 Å². The number of piperazine rings is 1. The first-order chi connectivity index (χ1) is 16.1. The summed E-state index contributed by atoms with van der Waals surface area (Å²) in [6.45, 7) is 3.12. The van der Waals surface area contributed by atoms with Gasteiger partial charge in [0.1, 0.15) is 16.5 Å². The molecule has 0 aliphatic carbocycles. The molecule has 1 aliphatic rings. The normalized spacial score (nSPS) is 14.1. The molecule has 4 aromatic rings. The second-order valence-corrected chi connectivity index (χ2v) is 8.86. The summed E-state index contributed by atoms with van der Waals surface area (Å²) in [7, 11) is 3.25. The molecule has 3 heterocycles. The highest BCUT2D eigenvalue weighted by molar-refractivity contribution is 7.17. The first-order valence-corrected chi connectivity index (χ1v) is 11.8. The van der Waals surface area contributed by atoms with Crippen molar-refractivity contribution in [2.24, 2.45) is 0 Å². The minimum atomic E-state index is -0.226. The molecule has 33 heavy (non-hydrogen) atoms. The Bertz CT molecular complexity index is 1290. The number of rotatable bonds is 5. The first kappa shape index (κ1) is 21.7. The van der Waals surface area contributed by atoms with E-state index in [-0.39, 0.29) is 11.1 Å². The lowest BCUT2D eigenvalue weighted by molar-refractivity contribution is 0.355. The van der Waals surface area contributed by atoms with Gasteiger partial charge in [0.25, 0.3) is 0 Å². The van der Waals surface area contributed by atoms with Crippen molar-refractivity contribution >= 4 is 44.7 Å². The van der Waals surface area contributed by atoms with Crippen LogP contribution in [-0.4, -0.2) is 50.4 Å². The highest BCUT2D eigenvalue weighted by atomic mass is 35.5. The molecule has 0 atom stereocenters. The quantitative estimate of drug-likeness (QED) is 0.349. The van der Waals surface area contributed by atoms with Gasteiger partial charge < -0.3 is 19.3 Å². The maximum atomic E-state index is 13.3. The first-order valence-electron chi connectivity index (χ1n) is 10.5. The van der Waals surface area contributed by atoms with Crippen LogP contribution in [0.4, 0.5) is 15.9 Å². The summed E-state index contributed by atoms with van der Waals surface area (Å²) in [6.07, 6.45) is 0. The molecule has 0 radical (unpaired) electrons. The smallest absolute Gasteiger partial charge is 0.225 e. The summed E-state index contributed by atoms with van der Waals surface area (Å²) in [6, 6.07) is 12.5. The molecule has 0 unspecified atom stereocenters. The lowest BCUT2D eigenvalue weighted by Gasteiger charge is -2.37. The summed E-state index contributed by atoms with van der Waals surface area (Å²) in [5, 5.41) is 3.29. The Kier molecular flexibility index (Phi) is 5.95. The van der Waals surface area contributed by atoms with E-state index in [1.807, 2.05) is 30.3 Å². The Morgan fingerprint density at radius 2 is 1.61 bits per heavy atom. The van der Waals surface area contributed by atoms with Gasteiger partial charge >= 0.3 is 0 Å². The molecule has 0 amide bonds. The van der Waals surface area contributed by atoms with E-state index in [2.05, 4.69) is 25.1 Å². The molecule has 1 fully saturated rings. The predicted molar refractivity (Wildman–Crippen MR) is 132 cm³/mol. The van der Waals surface area contributed by atoms with Gasteiger partial charge in [-0.25, -0.2) is 9.37 Å². The number of halogens is 2. The molecule has 1 aliphatic heterocycles. The van der Waals surface area contributed by atoms with E-state index in [9.17, 15) is 4.39 Å². The zero-order valence-corrected chi connectivity index (χ0v) is 19.8. The fourth-order valence-electron chi connectivity index (χ4n) is 4.17. The Balaban J connectivity index is 1.49. The third-order valence-electron chi connectivity index (χ3n) is 5.85. The molecule has 2 aromatic heterocycles. The second-order valence-electron chi connectivity index (χ2n) is 7.67. The number of nitrogens with zero attached hydrogens (tertiary/aromatic N) is 4. The van der Waals surface area contributed by atoms with Crippen molar-refractivity contribution < 1.29 is 13.9 Å². The molecule has 0 bridgehead atoms. The van der Waals surface area contributed by atoms with Gasteiger partial charge in [-0.05, 0) is 53.6 Å². The third-order valence-corrected chi connectivity index (χ3v) is 6.89. The largest absolute Gasteiger partial charge is 0.493 e. The van der Waals surface area contributed by atoms with Gasteiger partial charge in [-0.2, -0.15) is 4.98 Å². The molecule has 5 rings (SSSR count). The Morgan fingerprint density at radius 3 is 2.30 bits per heavy atom. The van der Waals surface area contributed by atoms with Crippen LogP contribution in [0, 0.1) is 5.82 Å². The van der Waals surface area contributed by atoms with Crippen molar-refractivity contribution in [3.05, 3.63) is 58.9 Å². The maximum absolute atomic E-state index is 13.3. The number of anilines is 2. The van der Waals surface area contributed by atoms with Crippen LogP contribution in [0.3, 0.4) is 0 Å². The average Bonchev–Trinajstić information content (AvgIpc) is 3.27. The van der Waals surface area contributed by atoms with Gasteiger partial charge in [0.15, 0.2) is 11.5 Å². The molecular formula is C24H22ClFN4O2S. The van der Waals surface area contributed by atoms with Crippen LogP contribution in [0.15, 0.2) is 47.8 Å². The van der Waals surface area contributed by atoms with E-state index in [1.165, 1.54) is 12.1 Å². The van der Waals surface area contributed by atoms with E-state index in [1.54, 1.807) is 25.6 Å². The fraction of sp³-hybridized carbons (Fsp3) is 0.250. The van der Waals surface area contributed by atoms with Gasteiger partial charge in [0.05, 0.1) is 19.6 Å². The third kappa shape index (κ3) is 4.16. The topological polar surface area (TPSA) is 50.7 Å². The Morgan fingerprint density at radius 1 is 0.909 bits per heavy atom. The van der Waals surface area contributed by atoms with E-state index in [0.29, 0.717) is 11.5 Å². The van der Waals surface area contributed by atoms with E-state index >= 15 is 0 Å². The number of fused-ring (bicyclic) bond motifs is 1. The Hall–Kier alpha value is -3.10. The monoisotopic (exact) mass is 484 g/mol. The minimum Gasteiger partial charge on any atom is -0.493 e. The van der Waals surface area contributed by atoms with Crippen molar-refractivity contribution in [2.45, 2.75) is 0 Å². The minimum absolute atomic E-state index is 0.226. The Labute approximate surface area is 200 Å². The van der Waals surface area contributed by atoms with Gasteiger partial charge in [-0.3, -0.25) is 0 Å². The van der Waals surface area contributed by atoms with Crippen molar-refractivity contribution in [1.82, 2.24) is 9.97 Å². The molecule has 0 N–H and O–H groups in total. The summed E-state index contributed by atoms with van der Waals surface area (Å²) in [5.41, 5.74) is 3.04. The predicted octanol–water partition coefficient (Wildman–Crippen LogP) is 5.49. The molecule has 170 valence electrons. The number of thiophene rings is 1. The standard InChI is InChI=1S/C24H22ClFN4O2S/c1-31-19-8-3-15(13-20(19)32-2)18-14-33-23-21(18)22(27-24(25)28-23)30-11-9-29(10-12-30)17-6-4-16(26)5-7-17/h3-8,13-14H,9-12H2,1-2H3. The van der Waals surface area contributed by atoms with Gasteiger partial charge in [0, 0.05) is 42.8 Å². The van der Waals surface area contributed by atoms with Crippen LogP contribution in [0.5, 0.6) is 11.5 Å². The van der Waals surface area contributed by atoms with Crippen molar-refractivity contribution in [3.8, 4) is 22.6 Å². The van der Waals surface area contributed by atoms with Crippen LogP contribution < -0.4 is 19.3 Å².